The van der Waals surface area contributed by atoms with Crippen LogP contribution < -0.4 is 20.1 Å². The first-order chi connectivity index (χ1) is 12.7. The summed E-state index contributed by atoms with van der Waals surface area (Å²) in [4.78, 5) is 4.21. The standard InChI is InChI=1S/C20H26FN3O2/c1-4-26-19-13-16(8-9-18(19)25-3)14-24-20(22-2)23-11-10-15-6-5-7-17(21)12-15/h5-9,12-13H,4,10-11,14H2,1-3H3,(H2,22,23,24). The van der Waals surface area contributed by atoms with Crippen LogP contribution in [-0.2, 0) is 13.0 Å². The van der Waals surface area contributed by atoms with Crippen molar-refractivity contribution in [2.45, 2.75) is 19.9 Å². The van der Waals surface area contributed by atoms with Crippen LogP contribution in [0.2, 0.25) is 0 Å². The molecule has 0 bridgehead atoms. The van der Waals surface area contributed by atoms with Crippen LogP contribution in [0.3, 0.4) is 0 Å². The molecule has 0 heterocycles. The molecule has 0 aliphatic heterocycles. The highest BCUT2D eigenvalue weighted by Gasteiger charge is 2.06. The van der Waals surface area contributed by atoms with Gasteiger partial charge in [0.2, 0.25) is 0 Å². The first-order valence-corrected chi connectivity index (χ1v) is 8.65. The molecule has 0 amide bonds. The van der Waals surface area contributed by atoms with Crippen molar-refractivity contribution in [3.05, 3.63) is 59.4 Å². The van der Waals surface area contributed by atoms with Crippen LogP contribution in [-0.4, -0.2) is 33.3 Å². The van der Waals surface area contributed by atoms with Crippen molar-refractivity contribution in [3.63, 3.8) is 0 Å². The van der Waals surface area contributed by atoms with Gasteiger partial charge in [0, 0.05) is 20.1 Å². The predicted octanol–water partition coefficient (Wildman–Crippen LogP) is 3.14. The van der Waals surface area contributed by atoms with Crippen molar-refractivity contribution in [1.29, 1.82) is 0 Å². The summed E-state index contributed by atoms with van der Waals surface area (Å²) in [5.74, 6) is 1.92. The molecule has 6 heteroatoms. The zero-order valence-electron chi connectivity index (χ0n) is 15.5. The minimum absolute atomic E-state index is 0.213. The molecule has 0 radical (unpaired) electrons. The highest BCUT2D eigenvalue weighted by atomic mass is 19.1. The van der Waals surface area contributed by atoms with E-state index in [2.05, 4.69) is 15.6 Å². The number of hydrogen-bond acceptors (Lipinski definition) is 3. The molecule has 2 aromatic carbocycles. The molecule has 0 saturated carbocycles. The Kier molecular flexibility index (Phi) is 7.74. The molecule has 0 aliphatic rings. The van der Waals surface area contributed by atoms with Gasteiger partial charge >= 0.3 is 0 Å². The molecule has 2 aromatic rings. The number of hydrogen-bond donors (Lipinski definition) is 2. The predicted molar refractivity (Wildman–Crippen MR) is 102 cm³/mol. The largest absolute Gasteiger partial charge is 0.493 e. The van der Waals surface area contributed by atoms with Crippen molar-refractivity contribution in [2.75, 3.05) is 27.3 Å². The van der Waals surface area contributed by atoms with Crippen LogP contribution >= 0.6 is 0 Å². The van der Waals surface area contributed by atoms with Gasteiger partial charge in [0.1, 0.15) is 5.82 Å². The van der Waals surface area contributed by atoms with Crippen LogP contribution in [0.25, 0.3) is 0 Å². The number of guanidine groups is 1. The van der Waals surface area contributed by atoms with E-state index >= 15 is 0 Å². The summed E-state index contributed by atoms with van der Waals surface area (Å²) < 4.78 is 24.1. The Morgan fingerprint density at radius 2 is 1.92 bits per heavy atom. The SMILES string of the molecule is CCOc1cc(CNC(=NC)NCCc2cccc(F)c2)ccc1OC. The Bertz CT molecular complexity index is 735. The van der Waals surface area contributed by atoms with Crippen molar-refractivity contribution in [1.82, 2.24) is 10.6 Å². The van der Waals surface area contributed by atoms with E-state index in [4.69, 9.17) is 9.47 Å². The van der Waals surface area contributed by atoms with Crippen LogP contribution in [0, 0.1) is 5.82 Å². The maximum absolute atomic E-state index is 13.2. The maximum atomic E-state index is 13.2. The molecule has 0 fully saturated rings. The molecule has 0 aliphatic carbocycles. The number of nitrogens with zero attached hydrogens (tertiary/aromatic N) is 1. The number of methoxy groups -OCH3 is 1. The molecule has 26 heavy (non-hydrogen) atoms. The average molecular weight is 359 g/mol. The monoisotopic (exact) mass is 359 g/mol. The lowest BCUT2D eigenvalue weighted by molar-refractivity contribution is 0.310. The van der Waals surface area contributed by atoms with E-state index < -0.39 is 0 Å². The minimum Gasteiger partial charge on any atom is -0.493 e. The van der Waals surface area contributed by atoms with Gasteiger partial charge in [-0.1, -0.05) is 18.2 Å². The number of benzene rings is 2. The van der Waals surface area contributed by atoms with Crippen LogP contribution in [0.5, 0.6) is 11.5 Å². The summed E-state index contributed by atoms with van der Waals surface area (Å²) in [5.41, 5.74) is 2.01. The van der Waals surface area contributed by atoms with Gasteiger partial charge < -0.3 is 20.1 Å². The van der Waals surface area contributed by atoms with Crippen molar-refractivity contribution in [3.8, 4) is 11.5 Å². The summed E-state index contributed by atoms with van der Waals surface area (Å²) in [6, 6.07) is 12.4. The third kappa shape index (κ3) is 5.95. The normalized spacial score (nSPS) is 11.2. The fourth-order valence-electron chi connectivity index (χ4n) is 2.52. The van der Waals surface area contributed by atoms with E-state index in [9.17, 15) is 4.39 Å². The van der Waals surface area contributed by atoms with E-state index in [1.165, 1.54) is 6.07 Å². The Morgan fingerprint density at radius 1 is 1.08 bits per heavy atom. The lowest BCUT2D eigenvalue weighted by Gasteiger charge is -2.14. The molecule has 140 valence electrons. The van der Waals surface area contributed by atoms with E-state index in [0.717, 1.165) is 23.3 Å². The fourth-order valence-corrected chi connectivity index (χ4v) is 2.52. The fraction of sp³-hybridized carbons (Fsp3) is 0.350. The zero-order chi connectivity index (χ0) is 18.8. The Balaban J connectivity index is 1.85. The van der Waals surface area contributed by atoms with Crippen molar-refractivity contribution < 1.29 is 13.9 Å². The lowest BCUT2D eigenvalue weighted by Crippen LogP contribution is -2.37. The number of rotatable bonds is 8. The molecule has 0 spiro atoms. The number of halogens is 1. The van der Waals surface area contributed by atoms with Crippen LogP contribution in [0.15, 0.2) is 47.5 Å². The smallest absolute Gasteiger partial charge is 0.191 e. The first kappa shape index (κ1) is 19.6. The highest BCUT2D eigenvalue weighted by Crippen LogP contribution is 2.27. The summed E-state index contributed by atoms with van der Waals surface area (Å²) in [6.45, 7) is 3.78. The molecular weight excluding hydrogens is 333 g/mol. The molecule has 0 saturated heterocycles. The highest BCUT2D eigenvalue weighted by molar-refractivity contribution is 5.79. The van der Waals surface area contributed by atoms with Gasteiger partial charge in [-0.15, -0.1) is 0 Å². The van der Waals surface area contributed by atoms with Gasteiger partial charge in [0.05, 0.1) is 13.7 Å². The molecule has 0 unspecified atom stereocenters. The van der Waals surface area contributed by atoms with Crippen molar-refractivity contribution >= 4 is 5.96 Å². The van der Waals surface area contributed by atoms with Crippen molar-refractivity contribution in [2.24, 2.45) is 4.99 Å². The summed E-state index contributed by atoms with van der Waals surface area (Å²) in [7, 11) is 3.34. The molecular formula is C20H26FN3O2. The van der Waals surface area contributed by atoms with E-state index in [0.29, 0.717) is 31.4 Å². The van der Waals surface area contributed by atoms with Gasteiger partial charge in [-0.3, -0.25) is 4.99 Å². The second-order valence-electron chi connectivity index (χ2n) is 5.65. The minimum atomic E-state index is -0.213. The van der Waals surface area contributed by atoms with Crippen LogP contribution in [0.1, 0.15) is 18.1 Å². The second-order valence-corrected chi connectivity index (χ2v) is 5.65. The maximum Gasteiger partial charge on any atom is 0.191 e. The summed E-state index contributed by atoms with van der Waals surface area (Å²) >= 11 is 0. The zero-order valence-corrected chi connectivity index (χ0v) is 15.5. The second kappa shape index (κ2) is 10.3. The Morgan fingerprint density at radius 3 is 2.62 bits per heavy atom. The first-order valence-electron chi connectivity index (χ1n) is 8.65. The number of ether oxygens (including phenoxy) is 2. The van der Waals surface area contributed by atoms with Gasteiger partial charge in [-0.25, -0.2) is 4.39 Å². The summed E-state index contributed by atoms with van der Waals surface area (Å²) in [5, 5.41) is 6.49. The van der Waals surface area contributed by atoms with E-state index in [-0.39, 0.29) is 5.82 Å². The molecule has 5 nitrogen and oxygen atoms in total. The molecule has 2 rings (SSSR count). The van der Waals surface area contributed by atoms with Gasteiger partial charge in [-0.2, -0.15) is 0 Å². The third-order valence-corrected chi connectivity index (χ3v) is 3.81. The molecule has 2 N–H and O–H groups in total. The van der Waals surface area contributed by atoms with E-state index in [1.54, 1.807) is 26.3 Å². The average Bonchev–Trinajstić information content (AvgIpc) is 2.65. The topological polar surface area (TPSA) is 54.9 Å². The Hall–Kier alpha value is -2.76. The van der Waals surface area contributed by atoms with E-state index in [1.807, 2.05) is 31.2 Å². The van der Waals surface area contributed by atoms with Gasteiger partial charge in [0.15, 0.2) is 17.5 Å². The quantitative estimate of drug-likeness (QED) is 0.562. The Labute approximate surface area is 154 Å². The lowest BCUT2D eigenvalue weighted by atomic mass is 10.1. The van der Waals surface area contributed by atoms with Gasteiger partial charge in [0.25, 0.3) is 0 Å². The summed E-state index contributed by atoms with van der Waals surface area (Å²) in [6.07, 6.45) is 0.718. The third-order valence-electron chi connectivity index (χ3n) is 3.81. The van der Waals surface area contributed by atoms with Crippen LogP contribution in [0.4, 0.5) is 4.39 Å². The molecule has 0 atom stereocenters. The number of aliphatic imine (C=N–C) groups is 1. The van der Waals surface area contributed by atoms with Gasteiger partial charge in [-0.05, 0) is 48.7 Å². The molecule has 0 aromatic heterocycles. The number of nitrogens with one attached hydrogen (secondary N) is 2.